The van der Waals surface area contributed by atoms with Gasteiger partial charge in [-0.1, -0.05) is 24.3 Å². The van der Waals surface area contributed by atoms with E-state index in [1.165, 1.54) is 10.9 Å². The van der Waals surface area contributed by atoms with Crippen LogP contribution in [-0.2, 0) is 19.6 Å². The van der Waals surface area contributed by atoms with Crippen molar-refractivity contribution >= 4 is 5.91 Å². The first-order valence-corrected chi connectivity index (χ1v) is 12.5. The van der Waals surface area contributed by atoms with Crippen molar-refractivity contribution in [2.45, 2.75) is 45.6 Å². The number of fused-ring (bicyclic) bond motifs is 1. The zero-order valence-corrected chi connectivity index (χ0v) is 21.3. The van der Waals surface area contributed by atoms with Gasteiger partial charge in [-0.05, 0) is 49.7 Å². The van der Waals surface area contributed by atoms with E-state index in [-0.39, 0.29) is 30.8 Å². The number of ether oxygens (including phenoxy) is 1. The van der Waals surface area contributed by atoms with Crippen LogP contribution in [0.3, 0.4) is 0 Å². The van der Waals surface area contributed by atoms with Gasteiger partial charge in [0.15, 0.2) is 0 Å². The SMILES string of the molecule is CC1Cn2c(c(C(=O)NCc3ccccc3-c3ccncn3)n(-c3ccc(OC[C@@H](C)O)cc3)c2=O)CN1. The molecule has 3 N–H and O–H groups in total. The number of rotatable bonds is 8. The van der Waals surface area contributed by atoms with Crippen LogP contribution >= 0.6 is 0 Å². The number of amides is 1. The highest BCUT2D eigenvalue weighted by atomic mass is 16.5. The summed E-state index contributed by atoms with van der Waals surface area (Å²) in [5, 5.41) is 15.9. The third-order valence-electron chi connectivity index (χ3n) is 6.44. The molecule has 1 aliphatic rings. The van der Waals surface area contributed by atoms with E-state index in [0.717, 1.165) is 16.8 Å². The normalized spacial score (nSPS) is 15.5. The van der Waals surface area contributed by atoms with Crippen molar-refractivity contribution in [2.75, 3.05) is 6.61 Å². The van der Waals surface area contributed by atoms with Crippen molar-refractivity contribution in [2.24, 2.45) is 0 Å². The standard InChI is InChI=1S/C28H30N6O4/c1-18-15-33-25(14-30-18)26(34(28(33)37)21-7-9-22(10-8-21)38-16-19(2)35)27(36)31-13-20-5-3-4-6-23(20)24-11-12-29-17-32-24/h3-12,17-19,30,35H,13-16H2,1-2H3,(H,31,36)/t18?,19-/m1/s1. The topological polar surface area (TPSA) is 123 Å². The average molecular weight is 515 g/mol. The Bertz CT molecular complexity index is 1480. The fraction of sp³-hybridized carbons (Fsp3) is 0.286. The first-order valence-electron chi connectivity index (χ1n) is 12.5. The molecule has 0 spiro atoms. The van der Waals surface area contributed by atoms with Crippen LogP contribution in [0.5, 0.6) is 5.75 Å². The summed E-state index contributed by atoms with van der Waals surface area (Å²) in [6.45, 7) is 4.94. The molecule has 2 aromatic carbocycles. The number of aromatic nitrogens is 4. The van der Waals surface area contributed by atoms with Crippen LogP contribution in [-0.4, -0.2) is 48.9 Å². The Morgan fingerprint density at radius 1 is 1.21 bits per heavy atom. The summed E-state index contributed by atoms with van der Waals surface area (Å²) in [6, 6.07) is 16.6. The van der Waals surface area contributed by atoms with E-state index in [2.05, 4.69) is 20.6 Å². The summed E-state index contributed by atoms with van der Waals surface area (Å²) >= 11 is 0. The van der Waals surface area contributed by atoms with Crippen LogP contribution in [0.4, 0.5) is 0 Å². The first kappa shape index (κ1) is 25.4. The van der Waals surface area contributed by atoms with Crippen LogP contribution in [0.25, 0.3) is 16.9 Å². The quantitative estimate of drug-likeness (QED) is 0.330. The molecule has 196 valence electrons. The summed E-state index contributed by atoms with van der Waals surface area (Å²) in [7, 11) is 0. The van der Waals surface area contributed by atoms with Gasteiger partial charge in [-0.3, -0.25) is 13.9 Å². The van der Waals surface area contributed by atoms with Crippen molar-refractivity contribution in [3.8, 4) is 22.7 Å². The average Bonchev–Trinajstić information content (AvgIpc) is 3.23. The number of carbonyl (C=O) groups is 1. The lowest BCUT2D eigenvalue weighted by Gasteiger charge is -2.22. The second kappa shape index (κ2) is 11.0. The summed E-state index contributed by atoms with van der Waals surface area (Å²) in [5.74, 6) is 0.216. The minimum Gasteiger partial charge on any atom is -0.491 e. The highest BCUT2D eigenvalue weighted by Crippen LogP contribution is 2.23. The smallest absolute Gasteiger partial charge is 0.333 e. The van der Waals surface area contributed by atoms with E-state index >= 15 is 0 Å². The summed E-state index contributed by atoms with van der Waals surface area (Å²) in [6.07, 6.45) is 2.57. The predicted molar refractivity (Wildman–Crippen MR) is 142 cm³/mol. The summed E-state index contributed by atoms with van der Waals surface area (Å²) in [5.41, 5.74) is 3.79. The van der Waals surface area contributed by atoms with E-state index in [4.69, 9.17) is 4.74 Å². The van der Waals surface area contributed by atoms with Gasteiger partial charge in [0, 0.05) is 37.4 Å². The van der Waals surface area contributed by atoms with E-state index < -0.39 is 6.10 Å². The maximum absolute atomic E-state index is 13.7. The van der Waals surface area contributed by atoms with E-state index in [0.29, 0.717) is 35.9 Å². The molecule has 2 atom stereocenters. The van der Waals surface area contributed by atoms with Crippen LogP contribution in [0.1, 0.15) is 35.6 Å². The molecule has 1 aliphatic heterocycles. The Kier molecular flexibility index (Phi) is 7.34. The summed E-state index contributed by atoms with van der Waals surface area (Å²) in [4.78, 5) is 35.5. The largest absolute Gasteiger partial charge is 0.491 e. The Hall–Kier alpha value is -4.28. The number of nitrogens with one attached hydrogen (secondary N) is 2. The maximum Gasteiger partial charge on any atom is 0.333 e. The second-order valence-electron chi connectivity index (χ2n) is 9.39. The van der Waals surface area contributed by atoms with Gasteiger partial charge in [-0.15, -0.1) is 0 Å². The monoisotopic (exact) mass is 514 g/mol. The van der Waals surface area contributed by atoms with Crippen molar-refractivity contribution in [3.05, 3.63) is 94.6 Å². The van der Waals surface area contributed by atoms with E-state index in [9.17, 15) is 14.7 Å². The van der Waals surface area contributed by atoms with Gasteiger partial charge in [-0.2, -0.15) is 0 Å². The maximum atomic E-state index is 13.7. The van der Waals surface area contributed by atoms with E-state index in [1.54, 1.807) is 42.0 Å². The number of aliphatic hydroxyl groups excluding tert-OH is 1. The Morgan fingerprint density at radius 3 is 2.74 bits per heavy atom. The van der Waals surface area contributed by atoms with Crippen LogP contribution < -0.4 is 21.1 Å². The lowest BCUT2D eigenvalue weighted by atomic mass is 10.0. The molecule has 5 rings (SSSR count). The molecule has 0 saturated heterocycles. The molecule has 0 fully saturated rings. The van der Waals surface area contributed by atoms with Crippen molar-refractivity contribution in [3.63, 3.8) is 0 Å². The number of nitrogens with zero attached hydrogens (tertiary/aromatic N) is 4. The molecule has 1 unspecified atom stereocenters. The van der Waals surface area contributed by atoms with Crippen molar-refractivity contribution < 1.29 is 14.6 Å². The molecule has 38 heavy (non-hydrogen) atoms. The Balaban J connectivity index is 1.47. The van der Waals surface area contributed by atoms with E-state index in [1.807, 2.05) is 37.3 Å². The molecule has 2 aromatic heterocycles. The Labute approximate surface area is 219 Å². The minimum atomic E-state index is -0.597. The van der Waals surface area contributed by atoms with Gasteiger partial charge in [0.25, 0.3) is 5.91 Å². The second-order valence-corrected chi connectivity index (χ2v) is 9.39. The third kappa shape index (κ3) is 5.22. The lowest BCUT2D eigenvalue weighted by molar-refractivity contribution is 0.0942. The van der Waals surface area contributed by atoms with Gasteiger partial charge in [0.05, 0.1) is 23.2 Å². The zero-order chi connectivity index (χ0) is 26.6. The number of hydrogen-bond donors (Lipinski definition) is 3. The van der Waals surface area contributed by atoms with Crippen molar-refractivity contribution in [1.82, 2.24) is 29.7 Å². The fourth-order valence-electron chi connectivity index (χ4n) is 4.58. The first-order chi connectivity index (χ1) is 18.4. The van der Waals surface area contributed by atoms with Crippen LogP contribution in [0.2, 0.25) is 0 Å². The zero-order valence-electron chi connectivity index (χ0n) is 21.3. The fourth-order valence-corrected chi connectivity index (χ4v) is 4.58. The third-order valence-corrected chi connectivity index (χ3v) is 6.44. The Morgan fingerprint density at radius 2 is 2.00 bits per heavy atom. The van der Waals surface area contributed by atoms with Gasteiger partial charge < -0.3 is 20.5 Å². The lowest BCUT2D eigenvalue weighted by Crippen LogP contribution is -2.40. The number of benzene rings is 2. The summed E-state index contributed by atoms with van der Waals surface area (Å²) < 4.78 is 8.68. The predicted octanol–water partition coefficient (Wildman–Crippen LogP) is 2.28. The van der Waals surface area contributed by atoms with Gasteiger partial charge in [0.2, 0.25) is 0 Å². The number of imidazole rings is 1. The molecule has 10 heteroatoms. The highest BCUT2D eigenvalue weighted by molar-refractivity contribution is 5.94. The molecular weight excluding hydrogens is 484 g/mol. The number of hydrogen-bond acceptors (Lipinski definition) is 7. The van der Waals surface area contributed by atoms with Crippen molar-refractivity contribution in [1.29, 1.82) is 0 Å². The molecule has 0 bridgehead atoms. The molecule has 4 aromatic rings. The van der Waals surface area contributed by atoms with Gasteiger partial charge in [-0.25, -0.2) is 14.8 Å². The minimum absolute atomic E-state index is 0.1000. The highest BCUT2D eigenvalue weighted by Gasteiger charge is 2.29. The molecule has 0 aliphatic carbocycles. The molecule has 1 amide bonds. The van der Waals surface area contributed by atoms with Gasteiger partial charge >= 0.3 is 5.69 Å². The number of aliphatic hydroxyl groups is 1. The van der Waals surface area contributed by atoms with Gasteiger partial charge in [0.1, 0.15) is 24.4 Å². The molecular formula is C28H30N6O4. The molecule has 0 saturated carbocycles. The van der Waals surface area contributed by atoms with Crippen LogP contribution in [0.15, 0.2) is 71.9 Å². The number of carbonyl (C=O) groups excluding carboxylic acids is 1. The van der Waals surface area contributed by atoms with Crippen LogP contribution in [0, 0.1) is 0 Å². The molecule has 3 heterocycles. The molecule has 10 nitrogen and oxygen atoms in total. The molecule has 0 radical (unpaired) electrons.